The van der Waals surface area contributed by atoms with E-state index in [0.29, 0.717) is 27.5 Å². The summed E-state index contributed by atoms with van der Waals surface area (Å²) >= 11 is 0. The molecule has 2 N–H and O–H groups in total. The van der Waals surface area contributed by atoms with Crippen molar-refractivity contribution in [3.05, 3.63) is 69.9 Å². The van der Waals surface area contributed by atoms with Crippen LogP contribution in [0, 0.1) is 19.7 Å². The molecule has 0 atom stereocenters. The average Bonchev–Trinajstić information content (AvgIpc) is 2.94. The number of benzene rings is 2. The van der Waals surface area contributed by atoms with Crippen molar-refractivity contribution in [3.8, 4) is 0 Å². The monoisotopic (exact) mass is 364 g/mol. The van der Waals surface area contributed by atoms with Gasteiger partial charge in [0.25, 0.3) is 5.56 Å². The minimum Gasteiger partial charge on any atom is -0.324 e. The van der Waals surface area contributed by atoms with Crippen molar-refractivity contribution in [3.63, 3.8) is 0 Å². The molecule has 7 heteroatoms. The molecule has 0 aliphatic rings. The summed E-state index contributed by atoms with van der Waals surface area (Å²) in [6.07, 6.45) is 1.44. The second-order valence-corrected chi connectivity index (χ2v) is 6.58. The summed E-state index contributed by atoms with van der Waals surface area (Å²) in [6.45, 7) is 3.70. The predicted octanol–water partition coefficient (Wildman–Crippen LogP) is 3.27. The second-order valence-electron chi connectivity index (χ2n) is 6.58. The molecule has 2 aromatic heterocycles. The van der Waals surface area contributed by atoms with E-state index in [1.54, 1.807) is 6.07 Å². The lowest BCUT2D eigenvalue weighted by Crippen LogP contribution is -2.26. The molecule has 0 saturated heterocycles. The Morgan fingerprint density at radius 1 is 1.19 bits per heavy atom. The van der Waals surface area contributed by atoms with Gasteiger partial charge in [-0.1, -0.05) is 17.7 Å². The summed E-state index contributed by atoms with van der Waals surface area (Å²) in [6, 6.07) is 9.89. The zero-order valence-electron chi connectivity index (χ0n) is 14.8. The number of amides is 1. The molecule has 2 aromatic carbocycles. The van der Waals surface area contributed by atoms with Gasteiger partial charge < -0.3 is 5.32 Å². The Balaban J connectivity index is 1.68. The van der Waals surface area contributed by atoms with Gasteiger partial charge in [0.2, 0.25) is 5.91 Å². The van der Waals surface area contributed by atoms with E-state index in [2.05, 4.69) is 15.4 Å². The summed E-state index contributed by atoms with van der Waals surface area (Å²) in [7, 11) is 0. The number of nitrogens with zero attached hydrogens (tertiary/aromatic N) is 2. The minimum atomic E-state index is -0.419. The van der Waals surface area contributed by atoms with E-state index < -0.39 is 5.82 Å². The maximum Gasteiger partial charge on any atom is 0.276 e. The molecule has 4 aromatic rings. The SMILES string of the molecule is Cc1ccc(NC(=O)Cn2[nH]c3c(cnc4ccc(F)cc43)c2=O)c(C)c1. The van der Waals surface area contributed by atoms with Gasteiger partial charge in [-0.2, -0.15) is 0 Å². The van der Waals surface area contributed by atoms with Crippen molar-refractivity contribution >= 4 is 33.4 Å². The Morgan fingerprint density at radius 3 is 2.78 bits per heavy atom. The number of rotatable bonds is 3. The summed E-state index contributed by atoms with van der Waals surface area (Å²) in [5, 5.41) is 6.53. The summed E-state index contributed by atoms with van der Waals surface area (Å²) < 4.78 is 14.8. The van der Waals surface area contributed by atoms with E-state index in [1.807, 2.05) is 32.0 Å². The molecule has 0 saturated carbocycles. The molecule has 0 aliphatic carbocycles. The van der Waals surface area contributed by atoms with Gasteiger partial charge in [-0.3, -0.25) is 19.7 Å². The largest absolute Gasteiger partial charge is 0.324 e. The number of aryl methyl sites for hydroxylation is 2. The number of anilines is 1. The third-order valence-electron chi connectivity index (χ3n) is 4.51. The lowest BCUT2D eigenvalue weighted by atomic mass is 10.1. The highest BCUT2D eigenvalue weighted by Crippen LogP contribution is 2.21. The van der Waals surface area contributed by atoms with Crippen LogP contribution in [0.4, 0.5) is 10.1 Å². The third-order valence-corrected chi connectivity index (χ3v) is 4.51. The topological polar surface area (TPSA) is 79.8 Å². The number of hydrogen-bond acceptors (Lipinski definition) is 3. The van der Waals surface area contributed by atoms with Crippen LogP contribution >= 0.6 is 0 Å². The van der Waals surface area contributed by atoms with Crippen LogP contribution < -0.4 is 10.9 Å². The lowest BCUT2D eigenvalue weighted by Gasteiger charge is -2.09. The van der Waals surface area contributed by atoms with Gasteiger partial charge >= 0.3 is 0 Å². The van der Waals surface area contributed by atoms with Gasteiger partial charge in [-0.15, -0.1) is 0 Å². The van der Waals surface area contributed by atoms with E-state index in [4.69, 9.17) is 0 Å². The molecular formula is C20H17FN4O2. The number of H-pyrrole nitrogens is 1. The Kier molecular flexibility index (Phi) is 3.99. The van der Waals surface area contributed by atoms with E-state index in [0.717, 1.165) is 11.1 Å². The van der Waals surface area contributed by atoms with Gasteiger partial charge in [-0.25, -0.2) is 9.07 Å². The van der Waals surface area contributed by atoms with E-state index in [-0.39, 0.29) is 18.0 Å². The first-order chi connectivity index (χ1) is 12.9. The van der Waals surface area contributed by atoms with Crippen molar-refractivity contribution in [2.75, 3.05) is 5.32 Å². The Hall–Kier alpha value is -3.48. The van der Waals surface area contributed by atoms with E-state index in [9.17, 15) is 14.0 Å². The number of fused-ring (bicyclic) bond motifs is 3. The first kappa shape index (κ1) is 17.0. The van der Waals surface area contributed by atoms with Crippen molar-refractivity contribution in [2.24, 2.45) is 0 Å². The summed E-state index contributed by atoms with van der Waals surface area (Å²) in [5.41, 5.74) is 3.39. The van der Waals surface area contributed by atoms with Crippen LogP contribution in [-0.4, -0.2) is 20.7 Å². The highest BCUT2D eigenvalue weighted by molar-refractivity contribution is 6.02. The number of halogens is 1. The molecule has 4 rings (SSSR count). The van der Waals surface area contributed by atoms with Crippen molar-refractivity contribution in [1.29, 1.82) is 0 Å². The van der Waals surface area contributed by atoms with Gasteiger partial charge in [0.1, 0.15) is 12.4 Å². The predicted molar refractivity (Wildman–Crippen MR) is 102 cm³/mol. The molecule has 6 nitrogen and oxygen atoms in total. The Morgan fingerprint density at radius 2 is 2.00 bits per heavy atom. The fraction of sp³-hybridized carbons (Fsp3) is 0.150. The second kappa shape index (κ2) is 6.35. The molecule has 27 heavy (non-hydrogen) atoms. The number of aromatic nitrogens is 3. The zero-order chi connectivity index (χ0) is 19.1. The number of nitrogens with one attached hydrogen (secondary N) is 2. The van der Waals surface area contributed by atoms with Crippen molar-refractivity contribution < 1.29 is 9.18 Å². The molecule has 0 fully saturated rings. The van der Waals surface area contributed by atoms with Gasteiger partial charge in [0.05, 0.1) is 16.4 Å². The van der Waals surface area contributed by atoms with Gasteiger partial charge in [0.15, 0.2) is 0 Å². The summed E-state index contributed by atoms with van der Waals surface area (Å²) in [4.78, 5) is 29.2. The summed E-state index contributed by atoms with van der Waals surface area (Å²) in [5.74, 6) is -0.753. The van der Waals surface area contributed by atoms with Crippen molar-refractivity contribution in [1.82, 2.24) is 14.8 Å². The molecule has 0 bridgehead atoms. The highest BCUT2D eigenvalue weighted by Gasteiger charge is 2.14. The zero-order valence-corrected chi connectivity index (χ0v) is 14.8. The highest BCUT2D eigenvalue weighted by atomic mass is 19.1. The maximum atomic E-state index is 13.6. The van der Waals surface area contributed by atoms with E-state index >= 15 is 0 Å². The van der Waals surface area contributed by atoms with Crippen molar-refractivity contribution in [2.45, 2.75) is 20.4 Å². The Bertz CT molecular complexity index is 1260. The molecular weight excluding hydrogens is 347 g/mol. The first-order valence-electron chi connectivity index (χ1n) is 8.46. The third kappa shape index (κ3) is 3.08. The molecule has 2 heterocycles. The smallest absolute Gasteiger partial charge is 0.276 e. The molecule has 0 aliphatic heterocycles. The number of aromatic amines is 1. The molecule has 0 spiro atoms. The van der Waals surface area contributed by atoms with Gasteiger partial charge in [0, 0.05) is 17.3 Å². The molecule has 0 radical (unpaired) electrons. The quantitative estimate of drug-likeness (QED) is 0.585. The number of hydrogen-bond donors (Lipinski definition) is 2. The van der Waals surface area contributed by atoms with Crippen LogP contribution in [0.1, 0.15) is 11.1 Å². The normalized spacial score (nSPS) is 11.2. The number of carbonyl (C=O) groups excluding carboxylic acids is 1. The number of pyridine rings is 1. The lowest BCUT2D eigenvalue weighted by molar-refractivity contribution is -0.116. The fourth-order valence-corrected chi connectivity index (χ4v) is 3.18. The van der Waals surface area contributed by atoms with Crippen LogP contribution in [0.5, 0.6) is 0 Å². The van der Waals surface area contributed by atoms with Crippen LogP contribution in [-0.2, 0) is 11.3 Å². The number of carbonyl (C=O) groups is 1. The maximum absolute atomic E-state index is 13.6. The molecule has 0 unspecified atom stereocenters. The van der Waals surface area contributed by atoms with Crippen LogP contribution in [0.15, 0.2) is 47.4 Å². The molecule has 136 valence electrons. The van der Waals surface area contributed by atoms with Crippen LogP contribution in [0.25, 0.3) is 21.8 Å². The van der Waals surface area contributed by atoms with E-state index in [1.165, 1.54) is 23.0 Å². The van der Waals surface area contributed by atoms with Crippen LogP contribution in [0.3, 0.4) is 0 Å². The first-order valence-corrected chi connectivity index (χ1v) is 8.46. The average molecular weight is 364 g/mol. The van der Waals surface area contributed by atoms with Crippen LogP contribution in [0.2, 0.25) is 0 Å². The minimum absolute atomic E-state index is 0.183. The molecule has 1 amide bonds. The Labute approximate surface area is 153 Å². The van der Waals surface area contributed by atoms with Gasteiger partial charge in [-0.05, 0) is 43.7 Å². The fourth-order valence-electron chi connectivity index (χ4n) is 3.18. The standard InChI is InChI=1S/C20H17FN4O2/c1-11-3-5-16(12(2)7-11)23-18(26)10-25-20(27)15-9-22-17-6-4-13(21)8-14(17)19(15)24-25/h3-9,24H,10H2,1-2H3,(H,23,26).